The van der Waals surface area contributed by atoms with E-state index in [1.54, 1.807) is 6.20 Å². The molecule has 122 valence electrons. The summed E-state index contributed by atoms with van der Waals surface area (Å²) in [5.41, 5.74) is 4.10. The predicted molar refractivity (Wildman–Crippen MR) is 99.0 cm³/mol. The smallest absolute Gasteiger partial charge is 0.228 e. The number of aromatic nitrogens is 2. The molecule has 0 unspecified atom stereocenters. The van der Waals surface area contributed by atoms with Gasteiger partial charge in [0.1, 0.15) is 0 Å². The maximum absolute atomic E-state index is 12.1. The van der Waals surface area contributed by atoms with Gasteiger partial charge in [-0.15, -0.1) is 0 Å². The number of anilines is 1. The normalized spacial score (nSPS) is 10.6. The fourth-order valence-electron chi connectivity index (χ4n) is 2.39. The molecule has 0 fully saturated rings. The third-order valence-corrected chi connectivity index (χ3v) is 4.19. The number of aryl methyl sites for hydroxylation is 1. The van der Waals surface area contributed by atoms with Gasteiger partial charge in [-0.1, -0.05) is 57.9 Å². The Bertz CT molecular complexity index is 823. The summed E-state index contributed by atoms with van der Waals surface area (Å²) in [7, 11) is 0. The van der Waals surface area contributed by atoms with Gasteiger partial charge < -0.3 is 5.32 Å². The van der Waals surface area contributed by atoms with Gasteiger partial charge >= 0.3 is 0 Å². The van der Waals surface area contributed by atoms with Gasteiger partial charge in [0.15, 0.2) is 0 Å². The van der Waals surface area contributed by atoms with Gasteiger partial charge in [-0.3, -0.25) is 9.48 Å². The summed E-state index contributed by atoms with van der Waals surface area (Å²) in [5.74, 6) is -0.0489. The Hall–Kier alpha value is -2.40. The quantitative estimate of drug-likeness (QED) is 0.717. The molecule has 3 aromatic rings. The maximum Gasteiger partial charge on any atom is 0.228 e. The summed E-state index contributed by atoms with van der Waals surface area (Å²) >= 11 is 3.39. The first-order valence-electron chi connectivity index (χ1n) is 7.71. The SMILES string of the molecule is Cc1ccc(Cn2cc(NC(=O)Cc3ccc(Br)cc3)cn2)cc1. The number of carbonyl (C=O) groups is 1. The molecule has 0 aliphatic heterocycles. The van der Waals surface area contributed by atoms with Crippen LogP contribution in [-0.2, 0) is 17.8 Å². The zero-order chi connectivity index (χ0) is 16.9. The number of rotatable bonds is 5. The van der Waals surface area contributed by atoms with E-state index in [2.05, 4.69) is 57.5 Å². The maximum atomic E-state index is 12.1. The van der Waals surface area contributed by atoms with Crippen molar-refractivity contribution in [2.24, 2.45) is 0 Å². The van der Waals surface area contributed by atoms with Crippen LogP contribution in [0.25, 0.3) is 0 Å². The van der Waals surface area contributed by atoms with Gasteiger partial charge in [-0.25, -0.2) is 0 Å². The van der Waals surface area contributed by atoms with Gasteiger partial charge in [0.2, 0.25) is 5.91 Å². The number of hydrogen-bond acceptors (Lipinski definition) is 2. The lowest BCUT2D eigenvalue weighted by Crippen LogP contribution is -2.13. The molecule has 0 aliphatic carbocycles. The minimum Gasteiger partial charge on any atom is -0.323 e. The average molecular weight is 384 g/mol. The molecule has 1 N–H and O–H groups in total. The van der Waals surface area contributed by atoms with Crippen LogP contribution in [0, 0.1) is 6.92 Å². The molecule has 3 rings (SSSR count). The second-order valence-corrected chi connectivity index (χ2v) is 6.68. The van der Waals surface area contributed by atoms with Crippen molar-refractivity contribution in [1.82, 2.24) is 9.78 Å². The Morgan fingerprint density at radius 3 is 2.46 bits per heavy atom. The lowest BCUT2D eigenvalue weighted by atomic mass is 10.1. The number of amides is 1. The molecule has 4 nitrogen and oxygen atoms in total. The molecule has 1 aromatic heterocycles. The van der Waals surface area contributed by atoms with Gasteiger partial charge in [0.05, 0.1) is 24.8 Å². The molecule has 0 saturated carbocycles. The van der Waals surface area contributed by atoms with Crippen LogP contribution in [-0.4, -0.2) is 15.7 Å². The van der Waals surface area contributed by atoms with Crippen molar-refractivity contribution in [2.75, 3.05) is 5.32 Å². The first-order valence-corrected chi connectivity index (χ1v) is 8.50. The zero-order valence-electron chi connectivity index (χ0n) is 13.4. The highest BCUT2D eigenvalue weighted by Crippen LogP contribution is 2.13. The van der Waals surface area contributed by atoms with E-state index in [9.17, 15) is 4.79 Å². The van der Waals surface area contributed by atoms with Crippen LogP contribution in [0.2, 0.25) is 0 Å². The van der Waals surface area contributed by atoms with Gasteiger partial charge in [-0.05, 0) is 30.2 Å². The van der Waals surface area contributed by atoms with Crippen LogP contribution in [0.15, 0.2) is 65.4 Å². The summed E-state index contributed by atoms with van der Waals surface area (Å²) in [4.78, 5) is 12.1. The number of benzene rings is 2. The van der Waals surface area contributed by atoms with E-state index in [0.717, 1.165) is 10.0 Å². The van der Waals surface area contributed by atoms with Crippen LogP contribution >= 0.6 is 15.9 Å². The van der Waals surface area contributed by atoms with E-state index in [0.29, 0.717) is 18.7 Å². The monoisotopic (exact) mass is 383 g/mol. The fraction of sp³-hybridized carbons (Fsp3) is 0.158. The van der Waals surface area contributed by atoms with Gasteiger partial charge in [0.25, 0.3) is 0 Å². The molecular weight excluding hydrogens is 366 g/mol. The van der Waals surface area contributed by atoms with E-state index in [1.807, 2.05) is 35.1 Å². The molecule has 0 aliphatic rings. The molecule has 0 atom stereocenters. The molecular formula is C19H18BrN3O. The van der Waals surface area contributed by atoms with Crippen molar-refractivity contribution in [3.8, 4) is 0 Å². The standard InChI is InChI=1S/C19H18BrN3O/c1-14-2-4-16(5-3-14)12-23-13-18(11-21-23)22-19(24)10-15-6-8-17(20)9-7-15/h2-9,11,13H,10,12H2,1H3,(H,22,24). The molecule has 1 amide bonds. The molecule has 0 radical (unpaired) electrons. The second-order valence-electron chi connectivity index (χ2n) is 5.76. The van der Waals surface area contributed by atoms with Crippen molar-refractivity contribution in [3.63, 3.8) is 0 Å². The number of nitrogens with zero attached hydrogens (tertiary/aromatic N) is 2. The Morgan fingerprint density at radius 2 is 1.75 bits per heavy atom. The fourth-order valence-corrected chi connectivity index (χ4v) is 2.65. The number of nitrogens with one attached hydrogen (secondary N) is 1. The third-order valence-electron chi connectivity index (χ3n) is 3.66. The molecule has 0 saturated heterocycles. The Labute approximate surface area is 149 Å². The second kappa shape index (κ2) is 7.45. The molecule has 0 spiro atoms. The summed E-state index contributed by atoms with van der Waals surface area (Å²) in [6.07, 6.45) is 3.86. The van der Waals surface area contributed by atoms with Crippen LogP contribution in [0.3, 0.4) is 0 Å². The topological polar surface area (TPSA) is 46.9 Å². The van der Waals surface area contributed by atoms with E-state index in [-0.39, 0.29) is 5.91 Å². The van der Waals surface area contributed by atoms with Crippen molar-refractivity contribution in [1.29, 1.82) is 0 Å². The van der Waals surface area contributed by atoms with Crippen LogP contribution in [0.4, 0.5) is 5.69 Å². The third kappa shape index (κ3) is 4.55. The largest absolute Gasteiger partial charge is 0.323 e. The lowest BCUT2D eigenvalue weighted by Gasteiger charge is -2.04. The van der Waals surface area contributed by atoms with Crippen LogP contribution in [0.1, 0.15) is 16.7 Å². The summed E-state index contributed by atoms with van der Waals surface area (Å²) in [6, 6.07) is 16.1. The molecule has 0 bridgehead atoms. The van der Waals surface area contributed by atoms with Crippen molar-refractivity contribution in [2.45, 2.75) is 19.9 Å². The highest BCUT2D eigenvalue weighted by atomic mass is 79.9. The Kier molecular flexibility index (Phi) is 5.11. The van der Waals surface area contributed by atoms with Crippen molar-refractivity contribution in [3.05, 3.63) is 82.1 Å². The number of halogens is 1. The summed E-state index contributed by atoms with van der Waals surface area (Å²) in [5, 5.41) is 7.19. The van der Waals surface area contributed by atoms with Crippen molar-refractivity contribution >= 4 is 27.5 Å². The number of hydrogen-bond donors (Lipinski definition) is 1. The highest BCUT2D eigenvalue weighted by molar-refractivity contribution is 9.10. The minimum atomic E-state index is -0.0489. The Morgan fingerprint density at radius 1 is 1.08 bits per heavy atom. The van der Waals surface area contributed by atoms with E-state index in [4.69, 9.17) is 0 Å². The molecule has 5 heteroatoms. The van der Waals surface area contributed by atoms with Crippen LogP contribution < -0.4 is 5.32 Å². The summed E-state index contributed by atoms with van der Waals surface area (Å²) in [6.45, 7) is 2.75. The summed E-state index contributed by atoms with van der Waals surface area (Å²) < 4.78 is 2.82. The highest BCUT2D eigenvalue weighted by Gasteiger charge is 2.06. The predicted octanol–water partition coefficient (Wildman–Crippen LogP) is 4.18. The zero-order valence-corrected chi connectivity index (χ0v) is 15.0. The molecule has 2 aromatic carbocycles. The first kappa shape index (κ1) is 16.5. The van der Waals surface area contributed by atoms with Crippen LogP contribution in [0.5, 0.6) is 0 Å². The average Bonchev–Trinajstić information content (AvgIpc) is 2.99. The first-order chi connectivity index (χ1) is 11.6. The van der Waals surface area contributed by atoms with Crippen molar-refractivity contribution < 1.29 is 4.79 Å². The Balaban J connectivity index is 1.58. The van der Waals surface area contributed by atoms with E-state index in [1.165, 1.54) is 11.1 Å². The molecule has 1 heterocycles. The van der Waals surface area contributed by atoms with Gasteiger partial charge in [-0.2, -0.15) is 5.10 Å². The minimum absolute atomic E-state index is 0.0489. The lowest BCUT2D eigenvalue weighted by molar-refractivity contribution is -0.115. The van der Waals surface area contributed by atoms with E-state index >= 15 is 0 Å². The van der Waals surface area contributed by atoms with Gasteiger partial charge in [0, 0.05) is 10.7 Å². The number of carbonyl (C=O) groups excluding carboxylic acids is 1. The van der Waals surface area contributed by atoms with E-state index < -0.39 is 0 Å². The molecule has 24 heavy (non-hydrogen) atoms.